The van der Waals surface area contributed by atoms with Gasteiger partial charge in [0.15, 0.2) is 28.8 Å². The van der Waals surface area contributed by atoms with E-state index in [0.29, 0.717) is 18.8 Å². The molecule has 6 nitrogen and oxygen atoms in total. The fraction of sp³-hybridized carbons (Fsp3) is 0.455. The monoisotopic (exact) mass is 449 g/mol. The summed E-state index contributed by atoms with van der Waals surface area (Å²) in [6.45, 7) is 10.1. The molecule has 1 fully saturated rings. The van der Waals surface area contributed by atoms with Gasteiger partial charge in [0.05, 0.1) is 11.4 Å². The molecule has 1 aromatic carbocycles. The predicted molar refractivity (Wildman–Crippen MR) is 120 cm³/mol. The summed E-state index contributed by atoms with van der Waals surface area (Å²) in [6, 6.07) is 2.02. The number of hydrogen-bond donors (Lipinski definition) is 1. The van der Waals surface area contributed by atoms with Gasteiger partial charge in [-0.25, -0.2) is 8.78 Å². The van der Waals surface area contributed by atoms with E-state index in [-0.39, 0.29) is 10.9 Å². The first kappa shape index (κ1) is 23.0. The van der Waals surface area contributed by atoms with E-state index in [4.69, 9.17) is 16.3 Å². The van der Waals surface area contributed by atoms with Gasteiger partial charge in [-0.3, -0.25) is 0 Å². The van der Waals surface area contributed by atoms with Crippen LogP contribution in [-0.4, -0.2) is 41.5 Å². The Kier molecular flexibility index (Phi) is 6.82. The van der Waals surface area contributed by atoms with Crippen molar-refractivity contribution in [1.29, 1.82) is 0 Å². The first-order valence-corrected chi connectivity index (χ1v) is 10.5. The molecule has 2 aliphatic rings. The first-order valence-electron chi connectivity index (χ1n) is 10.1. The summed E-state index contributed by atoms with van der Waals surface area (Å²) in [5.74, 6) is 1.32. The standard InChI is InChI=1S/C22H26ClF2N5O/c1-6-30-19(14-7-8-18(28-26-5)13(2)9-14)12-27-29-21(30)22(3,4)31-20-16(24)10-15(23)11-17(20)25/h10-11,14,26H,2,6-9H2,1,3-5H3/b28-18-. The zero-order valence-electron chi connectivity index (χ0n) is 18.1. The second-order valence-corrected chi connectivity index (χ2v) is 8.34. The highest BCUT2D eigenvalue weighted by Crippen LogP contribution is 2.35. The number of nitrogens with one attached hydrogen (secondary N) is 1. The third kappa shape index (κ3) is 4.81. The van der Waals surface area contributed by atoms with Crippen LogP contribution in [0.25, 0.3) is 0 Å². The van der Waals surface area contributed by atoms with Crippen molar-refractivity contribution in [3.63, 3.8) is 0 Å². The van der Waals surface area contributed by atoms with Crippen LogP contribution in [-0.2, 0) is 0 Å². The van der Waals surface area contributed by atoms with Crippen LogP contribution in [0.3, 0.4) is 0 Å². The maximum absolute atomic E-state index is 14.3. The van der Waals surface area contributed by atoms with E-state index in [9.17, 15) is 8.78 Å². The van der Waals surface area contributed by atoms with Crippen LogP contribution >= 0.6 is 11.6 Å². The molecule has 3 rings (SSSR count). The van der Waals surface area contributed by atoms with Gasteiger partial charge in [0.1, 0.15) is 0 Å². The maximum Gasteiger partial charge on any atom is 0.192 e. The van der Waals surface area contributed by atoms with Gasteiger partial charge in [-0.15, -0.1) is 10.2 Å². The second kappa shape index (κ2) is 9.20. The molecule has 1 aliphatic carbocycles. The minimum Gasteiger partial charge on any atom is -0.474 e. The van der Waals surface area contributed by atoms with Gasteiger partial charge in [0.2, 0.25) is 0 Å². The Hall–Kier alpha value is -2.70. The molecule has 0 radical (unpaired) electrons. The maximum atomic E-state index is 14.3. The predicted octanol–water partition coefficient (Wildman–Crippen LogP) is 4.91. The van der Waals surface area contributed by atoms with Crippen molar-refractivity contribution in [2.45, 2.75) is 45.6 Å². The molecule has 1 aromatic rings. The van der Waals surface area contributed by atoms with Crippen LogP contribution in [0.1, 0.15) is 40.0 Å². The molecular weight excluding hydrogens is 424 g/mol. The van der Waals surface area contributed by atoms with Crippen molar-refractivity contribution >= 4 is 29.0 Å². The molecule has 1 atom stereocenters. The SMILES string of the molecule is C=C1CC(C2=C=NN=C(C(C)(C)Oc3c(F)cc(Cl)cc3F)N2CC)CC/C1=N/NC. The summed E-state index contributed by atoms with van der Waals surface area (Å²) < 4.78 is 34.4. The highest BCUT2D eigenvalue weighted by atomic mass is 35.5. The molecule has 0 spiro atoms. The van der Waals surface area contributed by atoms with Crippen LogP contribution in [0.2, 0.25) is 5.02 Å². The third-order valence-corrected chi connectivity index (χ3v) is 5.51. The molecule has 0 aromatic heterocycles. The number of ether oxygens (including phenoxy) is 1. The van der Waals surface area contributed by atoms with Crippen molar-refractivity contribution < 1.29 is 13.5 Å². The van der Waals surface area contributed by atoms with E-state index in [0.717, 1.165) is 42.0 Å². The number of likely N-dealkylation sites (N-methyl/N-ethyl adjacent to an activating group) is 1. The van der Waals surface area contributed by atoms with Gasteiger partial charge < -0.3 is 15.1 Å². The number of amidine groups is 1. The quantitative estimate of drug-likeness (QED) is 0.628. The summed E-state index contributed by atoms with van der Waals surface area (Å²) in [4.78, 5) is 1.94. The summed E-state index contributed by atoms with van der Waals surface area (Å²) >= 11 is 5.72. The van der Waals surface area contributed by atoms with Gasteiger partial charge in [-0.1, -0.05) is 18.2 Å². The van der Waals surface area contributed by atoms with Gasteiger partial charge >= 0.3 is 0 Å². The minimum absolute atomic E-state index is 0.0427. The van der Waals surface area contributed by atoms with Gasteiger partial charge in [-0.2, -0.15) is 5.10 Å². The van der Waals surface area contributed by atoms with Crippen LogP contribution in [0.5, 0.6) is 5.75 Å². The molecule has 1 heterocycles. The lowest BCUT2D eigenvalue weighted by molar-refractivity contribution is 0.150. The van der Waals surface area contributed by atoms with Crippen molar-refractivity contribution in [3.05, 3.63) is 46.6 Å². The molecule has 0 amide bonds. The first-order chi connectivity index (χ1) is 14.7. The van der Waals surface area contributed by atoms with Crippen LogP contribution in [0.15, 0.2) is 45.3 Å². The smallest absolute Gasteiger partial charge is 0.192 e. The average molecular weight is 450 g/mol. The van der Waals surface area contributed by atoms with E-state index in [1.807, 2.05) is 11.8 Å². The van der Waals surface area contributed by atoms with E-state index in [1.165, 1.54) is 0 Å². The zero-order chi connectivity index (χ0) is 22.8. The topological polar surface area (TPSA) is 61.6 Å². The van der Waals surface area contributed by atoms with E-state index < -0.39 is 23.0 Å². The average Bonchev–Trinajstić information content (AvgIpc) is 2.71. The van der Waals surface area contributed by atoms with Crippen molar-refractivity contribution in [2.75, 3.05) is 13.6 Å². The van der Waals surface area contributed by atoms with Gasteiger partial charge in [0, 0.05) is 30.4 Å². The molecule has 1 saturated carbocycles. The Labute approximate surface area is 186 Å². The lowest BCUT2D eigenvalue weighted by atomic mass is 9.82. The lowest BCUT2D eigenvalue weighted by Gasteiger charge is -2.39. The Morgan fingerprint density at radius 3 is 2.65 bits per heavy atom. The summed E-state index contributed by atoms with van der Waals surface area (Å²) in [5.41, 5.74) is 4.41. The summed E-state index contributed by atoms with van der Waals surface area (Å²) in [6.07, 6.45) is 2.34. The normalized spacial score (nSPS) is 20.6. The van der Waals surface area contributed by atoms with Crippen molar-refractivity contribution in [2.24, 2.45) is 21.2 Å². The number of benzene rings is 1. The van der Waals surface area contributed by atoms with Gasteiger partial charge in [0.25, 0.3) is 0 Å². The Bertz CT molecular complexity index is 988. The molecular formula is C22H26ClF2N5O. The molecule has 0 bridgehead atoms. The molecule has 1 unspecified atom stereocenters. The number of nitrogens with zero attached hydrogens (tertiary/aromatic N) is 4. The van der Waals surface area contributed by atoms with Crippen molar-refractivity contribution in [1.82, 2.24) is 10.3 Å². The van der Waals surface area contributed by atoms with Crippen LogP contribution in [0, 0.1) is 17.6 Å². The highest BCUT2D eigenvalue weighted by molar-refractivity contribution is 6.30. The largest absolute Gasteiger partial charge is 0.474 e. The molecule has 9 heteroatoms. The van der Waals surface area contributed by atoms with E-state index in [1.54, 1.807) is 20.9 Å². The minimum atomic E-state index is -1.17. The summed E-state index contributed by atoms with van der Waals surface area (Å²) in [7, 11) is 1.76. The van der Waals surface area contributed by atoms with E-state index >= 15 is 0 Å². The number of hydrogen-bond acceptors (Lipinski definition) is 6. The zero-order valence-corrected chi connectivity index (χ0v) is 18.9. The Morgan fingerprint density at radius 1 is 1.39 bits per heavy atom. The van der Waals surface area contributed by atoms with Crippen molar-refractivity contribution in [3.8, 4) is 5.75 Å². The lowest BCUT2D eigenvalue weighted by Crippen LogP contribution is -2.50. The Morgan fingerprint density at radius 2 is 2.06 bits per heavy atom. The second-order valence-electron chi connectivity index (χ2n) is 7.90. The molecule has 1 aliphatic heterocycles. The Balaban J connectivity index is 1.85. The summed E-state index contributed by atoms with van der Waals surface area (Å²) in [5, 5.41) is 12.5. The van der Waals surface area contributed by atoms with Crippen LogP contribution < -0.4 is 10.2 Å². The number of allylic oxidation sites excluding steroid dienone is 2. The van der Waals surface area contributed by atoms with E-state index in [2.05, 4.69) is 33.2 Å². The highest BCUT2D eigenvalue weighted by Gasteiger charge is 2.38. The van der Waals surface area contributed by atoms with Crippen LogP contribution in [0.4, 0.5) is 8.78 Å². The number of rotatable bonds is 6. The fourth-order valence-corrected chi connectivity index (χ4v) is 4.06. The number of halogens is 3. The molecule has 1 N–H and O–H groups in total. The molecule has 31 heavy (non-hydrogen) atoms. The third-order valence-electron chi connectivity index (χ3n) is 5.29. The molecule has 0 saturated heterocycles. The number of hydrazone groups is 1. The van der Waals surface area contributed by atoms with Gasteiger partial charge in [-0.05, 0) is 57.7 Å². The molecule has 166 valence electrons. The fourth-order valence-electron chi connectivity index (χ4n) is 3.86.